The fourth-order valence-corrected chi connectivity index (χ4v) is 1.85. The molecule has 17 heavy (non-hydrogen) atoms. The predicted molar refractivity (Wildman–Crippen MR) is 64.1 cm³/mol. The van der Waals surface area contributed by atoms with Crippen molar-refractivity contribution in [1.82, 2.24) is 0 Å². The summed E-state index contributed by atoms with van der Waals surface area (Å²) < 4.78 is 13.1. The Morgan fingerprint density at radius 3 is 2.35 bits per heavy atom. The molecule has 0 spiro atoms. The van der Waals surface area contributed by atoms with Gasteiger partial charge in [-0.15, -0.1) is 0 Å². The zero-order valence-electron chi connectivity index (χ0n) is 8.83. The average molecular weight is 228 g/mol. The minimum Gasteiger partial charge on any atom is -0.353 e. The van der Waals surface area contributed by atoms with Crippen LogP contribution in [-0.2, 0) is 0 Å². The van der Waals surface area contributed by atoms with Crippen LogP contribution in [0.25, 0.3) is 0 Å². The number of carbonyl (C=O) groups is 1. The lowest BCUT2D eigenvalue weighted by atomic mass is 10.1. The Morgan fingerprint density at radius 2 is 1.59 bits per heavy atom. The zero-order valence-corrected chi connectivity index (χ0v) is 8.83. The normalized spacial score (nSPS) is 12.9. The Bertz CT molecular complexity index is 610. The number of carbonyl (C=O) groups excluding carboxylic acids is 1. The van der Waals surface area contributed by atoms with Gasteiger partial charge in [0, 0.05) is 0 Å². The first-order valence-electron chi connectivity index (χ1n) is 5.21. The summed E-state index contributed by atoms with van der Waals surface area (Å²) in [4.78, 5) is 11.9. The van der Waals surface area contributed by atoms with Crippen molar-refractivity contribution in [3.63, 3.8) is 0 Å². The molecular formula is C13H9FN2O. The maximum absolute atomic E-state index is 13.1. The van der Waals surface area contributed by atoms with Crippen molar-refractivity contribution >= 4 is 23.0 Å². The van der Waals surface area contributed by atoms with Crippen LogP contribution in [0.3, 0.4) is 0 Å². The summed E-state index contributed by atoms with van der Waals surface area (Å²) >= 11 is 0. The smallest absolute Gasteiger partial charge is 0.257 e. The molecule has 1 amide bonds. The van der Waals surface area contributed by atoms with E-state index in [0.29, 0.717) is 16.9 Å². The summed E-state index contributed by atoms with van der Waals surface area (Å²) in [5.41, 5.74) is 2.40. The van der Waals surface area contributed by atoms with Gasteiger partial charge in [-0.1, -0.05) is 12.1 Å². The van der Waals surface area contributed by atoms with Gasteiger partial charge in [0.2, 0.25) is 0 Å². The van der Waals surface area contributed by atoms with E-state index >= 15 is 0 Å². The van der Waals surface area contributed by atoms with Crippen molar-refractivity contribution in [2.45, 2.75) is 0 Å². The van der Waals surface area contributed by atoms with Gasteiger partial charge in [0.05, 0.1) is 22.6 Å². The van der Waals surface area contributed by atoms with E-state index in [9.17, 15) is 9.18 Å². The van der Waals surface area contributed by atoms with Crippen LogP contribution in [0.1, 0.15) is 10.4 Å². The molecule has 0 aromatic heterocycles. The number of hydrogen-bond acceptors (Lipinski definition) is 2. The predicted octanol–water partition coefficient (Wildman–Crippen LogP) is 3.14. The highest BCUT2D eigenvalue weighted by atomic mass is 19.1. The molecule has 0 radical (unpaired) electrons. The summed E-state index contributed by atoms with van der Waals surface area (Å²) in [5, 5.41) is 5.85. The second kappa shape index (κ2) is 3.59. The van der Waals surface area contributed by atoms with Crippen molar-refractivity contribution in [3.8, 4) is 0 Å². The van der Waals surface area contributed by atoms with Crippen LogP contribution >= 0.6 is 0 Å². The Morgan fingerprint density at radius 1 is 0.882 bits per heavy atom. The van der Waals surface area contributed by atoms with Crippen molar-refractivity contribution < 1.29 is 9.18 Å². The zero-order chi connectivity index (χ0) is 11.8. The summed E-state index contributed by atoms with van der Waals surface area (Å²) in [5.74, 6) is -0.733. The second-order valence-electron chi connectivity index (χ2n) is 3.81. The van der Waals surface area contributed by atoms with E-state index in [1.807, 2.05) is 18.2 Å². The Labute approximate surface area is 97.3 Å². The van der Waals surface area contributed by atoms with Gasteiger partial charge in [-0.25, -0.2) is 4.39 Å². The van der Waals surface area contributed by atoms with E-state index in [1.165, 1.54) is 12.1 Å². The number of halogens is 1. The van der Waals surface area contributed by atoms with Crippen LogP contribution in [0.15, 0.2) is 42.5 Å². The number of nitrogens with one attached hydrogen (secondary N) is 2. The second-order valence-corrected chi connectivity index (χ2v) is 3.81. The lowest BCUT2D eigenvalue weighted by Crippen LogP contribution is -2.10. The van der Waals surface area contributed by atoms with Gasteiger partial charge in [-0.3, -0.25) is 4.79 Å². The minimum atomic E-state index is -0.424. The first-order valence-corrected chi connectivity index (χ1v) is 5.21. The first kappa shape index (κ1) is 9.84. The third-order valence-electron chi connectivity index (χ3n) is 2.67. The topological polar surface area (TPSA) is 41.1 Å². The molecule has 1 aliphatic rings. The molecule has 4 heteroatoms. The molecule has 0 saturated carbocycles. The van der Waals surface area contributed by atoms with E-state index in [0.717, 1.165) is 5.69 Å². The molecule has 3 rings (SSSR count). The van der Waals surface area contributed by atoms with Crippen molar-refractivity contribution in [2.75, 3.05) is 10.6 Å². The first-order chi connectivity index (χ1) is 8.24. The number of benzene rings is 2. The Hall–Kier alpha value is -2.36. The Balaban J connectivity index is 2.17. The van der Waals surface area contributed by atoms with Crippen molar-refractivity contribution in [1.29, 1.82) is 0 Å². The molecule has 2 N–H and O–H groups in total. The quantitative estimate of drug-likeness (QED) is 0.727. The molecule has 3 nitrogen and oxygen atoms in total. The van der Waals surface area contributed by atoms with Crippen LogP contribution in [0.2, 0.25) is 0 Å². The van der Waals surface area contributed by atoms with E-state index in [2.05, 4.69) is 10.6 Å². The SMILES string of the molecule is O=C1Nc2ccccc2Nc2ccc(F)cc21. The number of rotatable bonds is 0. The molecule has 2 aromatic rings. The number of fused-ring (bicyclic) bond motifs is 2. The molecule has 2 aromatic carbocycles. The molecular weight excluding hydrogens is 219 g/mol. The van der Waals surface area contributed by atoms with Crippen molar-refractivity contribution in [3.05, 3.63) is 53.8 Å². The maximum Gasteiger partial charge on any atom is 0.257 e. The van der Waals surface area contributed by atoms with Gasteiger partial charge < -0.3 is 10.6 Å². The highest BCUT2D eigenvalue weighted by Crippen LogP contribution is 2.31. The third kappa shape index (κ3) is 1.63. The number of hydrogen-bond donors (Lipinski definition) is 2. The average Bonchev–Trinajstić information content (AvgIpc) is 2.46. The van der Waals surface area contributed by atoms with Crippen LogP contribution in [0.4, 0.5) is 21.5 Å². The van der Waals surface area contributed by atoms with Gasteiger partial charge in [0.25, 0.3) is 5.91 Å². The molecule has 1 aliphatic heterocycles. The van der Waals surface area contributed by atoms with Gasteiger partial charge in [0.15, 0.2) is 0 Å². The van der Waals surface area contributed by atoms with Crippen LogP contribution in [0, 0.1) is 5.82 Å². The van der Waals surface area contributed by atoms with E-state index in [4.69, 9.17) is 0 Å². The molecule has 1 heterocycles. The Kier molecular flexibility index (Phi) is 2.08. The molecule has 0 unspecified atom stereocenters. The maximum atomic E-state index is 13.1. The number of anilines is 3. The fraction of sp³-hybridized carbons (Fsp3) is 0. The highest BCUT2D eigenvalue weighted by Gasteiger charge is 2.18. The number of amides is 1. The molecule has 0 bridgehead atoms. The highest BCUT2D eigenvalue weighted by molar-refractivity contribution is 6.12. The minimum absolute atomic E-state index is 0.307. The van der Waals surface area contributed by atoms with Crippen LogP contribution < -0.4 is 10.6 Å². The van der Waals surface area contributed by atoms with E-state index in [-0.39, 0.29) is 5.91 Å². The van der Waals surface area contributed by atoms with E-state index in [1.54, 1.807) is 12.1 Å². The summed E-state index contributed by atoms with van der Waals surface area (Å²) in [6.45, 7) is 0. The lowest BCUT2D eigenvalue weighted by Gasteiger charge is -2.07. The molecule has 84 valence electrons. The summed E-state index contributed by atoms with van der Waals surface area (Å²) in [6, 6.07) is 11.5. The van der Waals surface area contributed by atoms with Gasteiger partial charge in [-0.05, 0) is 30.3 Å². The molecule has 0 saturated heterocycles. The summed E-state index contributed by atoms with van der Waals surface area (Å²) in [6.07, 6.45) is 0. The monoisotopic (exact) mass is 228 g/mol. The summed E-state index contributed by atoms with van der Waals surface area (Å²) in [7, 11) is 0. The molecule has 0 atom stereocenters. The van der Waals surface area contributed by atoms with E-state index < -0.39 is 5.82 Å². The third-order valence-corrected chi connectivity index (χ3v) is 2.67. The largest absolute Gasteiger partial charge is 0.353 e. The lowest BCUT2D eigenvalue weighted by molar-refractivity contribution is 0.102. The van der Waals surface area contributed by atoms with Crippen LogP contribution in [0.5, 0.6) is 0 Å². The molecule has 0 aliphatic carbocycles. The van der Waals surface area contributed by atoms with Gasteiger partial charge in [-0.2, -0.15) is 0 Å². The fourth-order valence-electron chi connectivity index (χ4n) is 1.85. The number of para-hydroxylation sites is 2. The van der Waals surface area contributed by atoms with Gasteiger partial charge >= 0.3 is 0 Å². The molecule has 0 fully saturated rings. The van der Waals surface area contributed by atoms with Crippen molar-refractivity contribution in [2.24, 2.45) is 0 Å². The van der Waals surface area contributed by atoms with Gasteiger partial charge in [0.1, 0.15) is 5.82 Å². The van der Waals surface area contributed by atoms with Crippen LogP contribution in [-0.4, -0.2) is 5.91 Å². The standard InChI is InChI=1S/C13H9FN2O/c14-8-5-6-10-9(7-8)13(17)16-12-4-2-1-3-11(12)15-10/h1-7,15H,(H,16,17).